The average molecular weight is 148 g/mol. The van der Waals surface area contributed by atoms with Crippen LogP contribution in [0.3, 0.4) is 0 Å². The van der Waals surface area contributed by atoms with E-state index in [1.165, 1.54) is 27.7 Å². The van der Waals surface area contributed by atoms with Gasteiger partial charge >= 0.3 is 0 Å². The lowest BCUT2D eigenvalue weighted by atomic mass is 10.6. The third-order valence-corrected chi connectivity index (χ3v) is 0. The molecule has 2 heteroatoms. The summed E-state index contributed by atoms with van der Waals surface area (Å²) in [7, 11) is 0. The van der Waals surface area contributed by atoms with E-state index in [9.17, 15) is 9.59 Å². The van der Waals surface area contributed by atoms with Gasteiger partial charge in [0, 0.05) is 0 Å². The number of carbonyl (C=O) groups excluding carboxylic acids is 2. The maximum absolute atomic E-state index is 9.44. The van der Waals surface area contributed by atoms with Crippen molar-refractivity contribution in [2.75, 3.05) is 0 Å². The van der Waals surface area contributed by atoms with Gasteiger partial charge in [0.2, 0.25) is 0 Å². The predicted octanol–water partition coefficient (Wildman–Crippen LogP) is 2.46. The van der Waals surface area contributed by atoms with Crippen LogP contribution in [0.25, 0.3) is 0 Å². The third-order valence-electron chi connectivity index (χ3n) is 0. The van der Waals surface area contributed by atoms with E-state index in [0.717, 1.165) is 0 Å². The minimum atomic E-state index is 0. The highest BCUT2D eigenvalue weighted by molar-refractivity contribution is 5.72. The molecule has 0 rings (SSSR count). The highest BCUT2D eigenvalue weighted by Crippen LogP contribution is 1.50. The van der Waals surface area contributed by atoms with Gasteiger partial charge in [0.1, 0.15) is 11.6 Å². The first-order chi connectivity index (χ1) is 3.46. The molecule has 0 amide bonds. The number of carbonyl (C=O) groups is 2. The largest absolute Gasteiger partial charge is 0.300 e. The van der Waals surface area contributed by atoms with Gasteiger partial charge in [-0.15, -0.1) is 0 Å². The van der Waals surface area contributed by atoms with Gasteiger partial charge in [0.25, 0.3) is 0 Å². The Morgan fingerprint density at radius 3 is 0.700 bits per heavy atom. The first-order valence-corrected chi connectivity index (χ1v) is 2.41. The van der Waals surface area contributed by atoms with E-state index < -0.39 is 0 Å². The summed E-state index contributed by atoms with van der Waals surface area (Å²) >= 11 is 0. The van der Waals surface area contributed by atoms with E-state index in [-0.39, 0.29) is 26.4 Å². The number of rotatable bonds is 0. The zero-order valence-electron chi connectivity index (χ0n) is 5.82. The Morgan fingerprint density at radius 1 is 0.700 bits per heavy atom. The maximum Gasteiger partial charge on any atom is 0.126 e. The molecule has 0 heterocycles. The molecule has 0 fully saturated rings. The van der Waals surface area contributed by atoms with Gasteiger partial charge in [-0.25, -0.2) is 0 Å². The Bertz CT molecular complexity index is 65.3. The molecule has 0 radical (unpaired) electrons. The summed E-state index contributed by atoms with van der Waals surface area (Å²) in [6, 6.07) is 0. The van der Waals surface area contributed by atoms with Crippen molar-refractivity contribution in [3.8, 4) is 0 Å². The molecule has 10 heavy (non-hydrogen) atoms. The molecule has 0 bridgehead atoms. The van der Waals surface area contributed by atoms with Crippen molar-refractivity contribution in [2.24, 2.45) is 0 Å². The lowest BCUT2D eigenvalue weighted by Gasteiger charge is -1.56. The molecule has 0 unspecified atom stereocenters. The molecule has 0 aliphatic rings. The Hall–Kier alpha value is -0.660. The Morgan fingerprint density at radius 2 is 0.700 bits per heavy atom. The van der Waals surface area contributed by atoms with E-state index in [1.54, 1.807) is 0 Å². The zero-order chi connectivity index (χ0) is 7.15. The molecule has 0 saturated carbocycles. The van der Waals surface area contributed by atoms with Crippen LogP contribution >= 0.6 is 0 Å². The molecule has 0 saturated heterocycles. The van der Waals surface area contributed by atoms with Gasteiger partial charge < -0.3 is 9.59 Å². The summed E-state index contributed by atoms with van der Waals surface area (Å²) in [5.74, 6) is 0.333. The molecule has 0 atom stereocenters. The van der Waals surface area contributed by atoms with Gasteiger partial charge in [0.15, 0.2) is 0 Å². The molecule has 0 aliphatic carbocycles. The van der Waals surface area contributed by atoms with E-state index in [1.807, 2.05) is 0 Å². The monoisotopic (exact) mass is 148 g/mol. The summed E-state index contributed by atoms with van der Waals surface area (Å²) in [5.41, 5.74) is 0. The van der Waals surface area contributed by atoms with Crippen LogP contribution in [0.4, 0.5) is 0 Å². The Kier molecular flexibility index (Phi) is 35.9. The first kappa shape index (κ1) is 22.8. The number of Topliss-reactive ketones (excluding diaryl/α,β-unsaturated/α-hetero) is 2. The zero-order valence-corrected chi connectivity index (χ0v) is 5.82. The fraction of sp³-hybridized carbons (Fsp3) is 0.750. The molecule has 2 nitrogen and oxygen atoms in total. The SMILES string of the molecule is C.C.CC(C)=O.CC(C)=O. The van der Waals surface area contributed by atoms with Crippen LogP contribution in [0, 0.1) is 0 Å². The van der Waals surface area contributed by atoms with E-state index in [0.29, 0.717) is 0 Å². The number of hydrogen-bond acceptors (Lipinski definition) is 2. The van der Waals surface area contributed by atoms with Gasteiger partial charge in [-0.05, 0) is 27.7 Å². The summed E-state index contributed by atoms with van der Waals surface area (Å²) in [6.07, 6.45) is 0. The van der Waals surface area contributed by atoms with E-state index in [2.05, 4.69) is 0 Å². The van der Waals surface area contributed by atoms with Crippen molar-refractivity contribution in [2.45, 2.75) is 42.5 Å². The van der Waals surface area contributed by atoms with Crippen molar-refractivity contribution in [1.29, 1.82) is 0 Å². The number of ketones is 2. The third kappa shape index (κ3) is 677. The molecular weight excluding hydrogens is 128 g/mol. The summed E-state index contributed by atoms with van der Waals surface area (Å²) in [6.45, 7) is 6.11. The number of hydrogen-bond donors (Lipinski definition) is 0. The van der Waals surface area contributed by atoms with Gasteiger partial charge in [-0.1, -0.05) is 14.9 Å². The molecule has 64 valence electrons. The maximum atomic E-state index is 9.44. The molecule has 0 aromatic heterocycles. The Balaban J connectivity index is -0.0000000300. The second-order valence-corrected chi connectivity index (χ2v) is 1.82. The van der Waals surface area contributed by atoms with Crippen LogP contribution < -0.4 is 0 Å². The van der Waals surface area contributed by atoms with Crippen molar-refractivity contribution in [1.82, 2.24) is 0 Å². The van der Waals surface area contributed by atoms with Crippen molar-refractivity contribution < 1.29 is 9.59 Å². The van der Waals surface area contributed by atoms with Gasteiger partial charge in [0.05, 0.1) is 0 Å². The van der Waals surface area contributed by atoms with Gasteiger partial charge in [-0.3, -0.25) is 0 Å². The molecule has 0 spiro atoms. The molecule has 0 aromatic rings. The second-order valence-electron chi connectivity index (χ2n) is 1.82. The van der Waals surface area contributed by atoms with E-state index in [4.69, 9.17) is 0 Å². The molecule has 0 aliphatic heterocycles. The van der Waals surface area contributed by atoms with Crippen LogP contribution in [0.2, 0.25) is 0 Å². The van der Waals surface area contributed by atoms with Crippen molar-refractivity contribution >= 4 is 11.6 Å². The standard InChI is InChI=1S/2C3H6O.2CH4/c2*1-3(2)4;;/h2*1-2H3;2*1H4. The van der Waals surface area contributed by atoms with E-state index >= 15 is 0 Å². The molecule has 0 aromatic carbocycles. The summed E-state index contributed by atoms with van der Waals surface area (Å²) in [5, 5.41) is 0. The second kappa shape index (κ2) is 15.8. The highest BCUT2D eigenvalue weighted by atomic mass is 16.1. The fourth-order valence-corrected chi connectivity index (χ4v) is 0. The topological polar surface area (TPSA) is 34.1 Å². The van der Waals surface area contributed by atoms with Crippen LogP contribution in [0.1, 0.15) is 42.5 Å². The molecule has 0 N–H and O–H groups in total. The van der Waals surface area contributed by atoms with Crippen LogP contribution in [-0.2, 0) is 9.59 Å². The Labute approximate surface area is 64.6 Å². The summed E-state index contributed by atoms with van der Waals surface area (Å²) < 4.78 is 0. The van der Waals surface area contributed by atoms with Crippen LogP contribution in [0.5, 0.6) is 0 Å². The summed E-state index contributed by atoms with van der Waals surface area (Å²) in [4.78, 5) is 18.9. The molecular formula is C8H20O2. The van der Waals surface area contributed by atoms with Crippen molar-refractivity contribution in [3.63, 3.8) is 0 Å². The van der Waals surface area contributed by atoms with Crippen LogP contribution in [-0.4, -0.2) is 11.6 Å². The minimum Gasteiger partial charge on any atom is -0.300 e. The average Bonchev–Trinajstić information content (AvgIpc) is 1.25. The highest BCUT2D eigenvalue weighted by Gasteiger charge is 1.62. The smallest absolute Gasteiger partial charge is 0.126 e. The van der Waals surface area contributed by atoms with Crippen LogP contribution in [0.15, 0.2) is 0 Å². The van der Waals surface area contributed by atoms with Crippen molar-refractivity contribution in [3.05, 3.63) is 0 Å². The fourth-order valence-electron chi connectivity index (χ4n) is 0. The first-order valence-electron chi connectivity index (χ1n) is 2.41. The lowest BCUT2D eigenvalue weighted by molar-refractivity contribution is -0.115. The van der Waals surface area contributed by atoms with Gasteiger partial charge in [-0.2, -0.15) is 0 Å². The minimum absolute atomic E-state index is 0. The normalized spacial score (nSPS) is 5.20. The predicted molar refractivity (Wildman–Crippen MR) is 46.2 cm³/mol. The lowest BCUT2D eigenvalue weighted by Crippen LogP contribution is -1.69. The quantitative estimate of drug-likeness (QED) is 0.529.